The molecule has 0 bridgehead atoms. The van der Waals surface area contributed by atoms with Crippen molar-refractivity contribution in [3.8, 4) is 0 Å². The number of aryl methyl sites for hydroxylation is 2. The van der Waals surface area contributed by atoms with E-state index in [1.54, 1.807) is 0 Å². The Morgan fingerprint density at radius 3 is 2.77 bits per heavy atom. The van der Waals surface area contributed by atoms with Crippen LogP contribution in [0.4, 0.5) is 0 Å². The zero-order valence-corrected chi connectivity index (χ0v) is 8.47. The minimum atomic E-state index is 0.689. The summed E-state index contributed by atoms with van der Waals surface area (Å²) in [6.45, 7) is 1.95. The summed E-state index contributed by atoms with van der Waals surface area (Å²) in [5.74, 6) is 0.689. The fraction of sp³-hybridized carbons (Fsp3) is 0.364. The van der Waals surface area contributed by atoms with E-state index in [2.05, 4.69) is 6.07 Å². The lowest BCUT2D eigenvalue weighted by Gasteiger charge is -2.02. The molecule has 0 saturated carbocycles. The number of carbonyl (C=O) groups excluding carboxylic acids is 1. The van der Waals surface area contributed by atoms with Gasteiger partial charge >= 0.3 is 0 Å². The molecule has 0 heterocycles. The van der Waals surface area contributed by atoms with E-state index in [0.29, 0.717) is 5.88 Å². The van der Waals surface area contributed by atoms with Crippen LogP contribution in [0.5, 0.6) is 0 Å². The van der Waals surface area contributed by atoms with Gasteiger partial charge in [-0.15, -0.1) is 11.6 Å². The van der Waals surface area contributed by atoms with Crippen LogP contribution in [0.3, 0.4) is 0 Å². The molecule has 0 fully saturated rings. The lowest BCUT2D eigenvalue weighted by atomic mass is 10.0. The van der Waals surface area contributed by atoms with Crippen molar-refractivity contribution in [2.45, 2.75) is 19.8 Å². The van der Waals surface area contributed by atoms with Crippen molar-refractivity contribution in [3.05, 3.63) is 34.9 Å². The van der Waals surface area contributed by atoms with E-state index in [1.165, 1.54) is 5.56 Å². The highest BCUT2D eigenvalue weighted by molar-refractivity contribution is 6.17. The Morgan fingerprint density at radius 1 is 1.46 bits per heavy atom. The fourth-order valence-electron chi connectivity index (χ4n) is 1.30. The summed E-state index contributed by atoms with van der Waals surface area (Å²) in [6.07, 6.45) is 2.87. The maximum Gasteiger partial charge on any atom is 0.150 e. The molecule has 0 unspecified atom stereocenters. The molecule has 0 spiro atoms. The molecule has 0 N–H and O–H groups in total. The summed E-state index contributed by atoms with van der Waals surface area (Å²) in [7, 11) is 0. The van der Waals surface area contributed by atoms with E-state index in [0.717, 1.165) is 30.3 Å². The van der Waals surface area contributed by atoms with Gasteiger partial charge < -0.3 is 0 Å². The van der Waals surface area contributed by atoms with Crippen LogP contribution in [0.25, 0.3) is 0 Å². The molecule has 1 nitrogen and oxygen atoms in total. The lowest BCUT2D eigenvalue weighted by molar-refractivity contribution is 0.112. The molecule has 1 aromatic carbocycles. The molecule has 0 aliphatic rings. The van der Waals surface area contributed by atoms with Crippen molar-refractivity contribution >= 4 is 17.9 Å². The molecule has 13 heavy (non-hydrogen) atoms. The van der Waals surface area contributed by atoms with Crippen LogP contribution >= 0.6 is 11.6 Å². The SMILES string of the molecule is Cc1cc(CCCCl)ccc1C=O. The molecule has 0 aromatic heterocycles. The molecule has 0 radical (unpaired) electrons. The Morgan fingerprint density at radius 2 is 2.23 bits per heavy atom. The van der Waals surface area contributed by atoms with Gasteiger partial charge in [-0.2, -0.15) is 0 Å². The standard InChI is InChI=1S/C11H13ClO/c1-9-7-10(3-2-6-12)4-5-11(9)8-13/h4-5,7-8H,2-3,6H2,1H3. The van der Waals surface area contributed by atoms with Crippen LogP contribution in [0.15, 0.2) is 18.2 Å². The summed E-state index contributed by atoms with van der Waals surface area (Å²) in [5.41, 5.74) is 3.07. The Bertz CT molecular complexity index is 294. The normalized spacial score (nSPS) is 10.0. The van der Waals surface area contributed by atoms with Gasteiger partial charge in [0.05, 0.1) is 0 Å². The molecule has 2 heteroatoms. The monoisotopic (exact) mass is 196 g/mol. The van der Waals surface area contributed by atoms with Crippen molar-refractivity contribution in [3.63, 3.8) is 0 Å². The highest BCUT2D eigenvalue weighted by Gasteiger charge is 1.98. The molecule has 0 aliphatic heterocycles. The van der Waals surface area contributed by atoms with E-state index in [9.17, 15) is 4.79 Å². The number of alkyl halides is 1. The summed E-state index contributed by atoms with van der Waals surface area (Å²) in [5, 5.41) is 0. The summed E-state index contributed by atoms with van der Waals surface area (Å²) in [4.78, 5) is 10.5. The van der Waals surface area contributed by atoms with Crippen molar-refractivity contribution < 1.29 is 4.79 Å². The smallest absolute Gasteiger partial charge is 0.150 e. The molecular weight excluding hydrogens is 184 g/mol. The zero-order chi connectivity index (χ0) is 9.68. The van der Waals surface area contributed by atoms with E-state index in [4.69, 9.17) is 11.6 Å². The first-order valence-electron chi connectivity index (χ1n) is 4.38. The maximum absolute atomic E-state index is 10.5. The molecular formula is C11H13ClO. The van der Waals surface area contributed by atoms with Crippen LogP contribution in [0, 0.1) is 6.92 Å². The summed E-state index contributed by atoms with van der Waals surface area (Å²) < 4.78 is 0. The molecule has 0 saturated heterocycles. The average Bonchev–Trinajstić information content (AvgIpc) is 2.15. The Labute approximate surface area is 83.7 Å². The second-order valence-corrected chi connectivity index (χ2v) is 3.48. The number of halogens is 1. The summed E-state index contributed by atoms with van der Waals surface area (Å²) in [6, 6.07) is 5.91. The highest BCUT2D eigenvalue weighted by atomic mass is 35.5. The minimum absolute atomic E-state index is 0.689. The van der Waals surface area contributed by atoms with E-state index in [-0.39, 0.29) is 0 Å². The van der Waals surface area contributed by atoms with Gasteiger partial charge in [0.25, 0.3) is 0 Å². The van der Waals surface area contributed by atoms with Crippen LogP contribution in [0.1, 0.15) is 27.9 Å². The van der Waals surface area contributed by atoms with Crippen molar-refractivity contribution in [1.29, 1.82) is 0 Å². The third-order valence-electron chi connectivity index (χ3n) is 2.06. The van der Waals surface area contributed by atoms with Gasteiger partial charge in [0, 0.05) is 11.4 Å². The van der Waals surface area contributed by atoms with Crippen LogP contribution in [-0.4, -0.2) is 12.2 Å². The predicted octanol–water partition coefficient (Wildman–Crippen LogP) is 2.98. The van der Waals surface area contributed by atoms with Gasteiger partial charge in [-0.3, -0.25) is 4.79 Å². The van der Waals surface area contributed by atoms with Gasteiger partial charge in [-0.1, -0.05) is 18.2 Å². The lowest BCUT2D eigenvalue weighted by Crippen LogP contribution is -1.91. The maximum atomic E-state index is 10.5. The molecule has 0 atom stereocenters. The molecule has 1 aromatic rings. The molecule has 0 amide bonds. The van der Waals surface area contributed by atoms with Gasteiger partial charge in [0.1, 0.15) is 6.29 Å². The Balaban J connectivity index is 2.77. The molecule has 70 valence electrons. The van der Waals surface area contributed by atoms with E-state index < -0.39 is 0 Å². The largest absolute Gasteiger partial charge is 0.298 e. The second-order valence-electron chi connectivity index (χ2n) is 3.10. The first kappa shape index (κ1) is 10.3. The third-order valence-corrected chi connectivity index (χ3v) is 2.33. The number of hydrogen-bond acceptors (Lipinski definition) is 1. The number of aldehydes is 1. The fourth-order valence-corrected chi connectivity index (χ4v) is 1.43. The molecule has 1 rings (SSSR count). The second kappa shape index (κ2) is 5.03. The number of benzene rings is 1. The van der Waals surface area contributed by atoms with Gasteiger partial charge in [-0.25, -0.2) is 0 Å². The average molecular weight is 197 g/mol. The van der Waals surface area contributed by atoms with Gasteiger partial charge in [-0.05, 0) is 30.9 Å². The summed E-state index contributed by atoms with van der Waals surface area (Å²) >= 11 is 5.59. The number of carbonyl (C=O) groups is 1. The van der Waals surface area contributed by atoms with Crippen LogP contribution < -0.4 is 0 Å². The van der Waals surface area contributed by atoms with Gasteiger partial charge in [0.2, 0.25) is 0 Å². The highest BCUT2D eigenvalue weighted by Crippen LogP contribution is 2.11. The quantitative estimate of drug-likeness (QED) is 0.535. The minimum Gasteiger partial charge on any atom is -0.298 e. The van der Waals surface area contributed by atoms with Crippen molar-refractivity contribution in [2.24, 2.45) is 0 Å². The predicted molar refractivity (Wildman–Crippen MR) is 55.6 cm³/mol. The number of rotatable bonds is 4. The van der Waals surface area contributed by atoms with Gasteiger partial charge in [0.15, 0.2) is 0 Å². The Kier molecular flexibility index (Phi) is 3.97. The first-order valence-corrected chi connectivity index (χ1v) is 4.92. The molecule has 0 aliphatic carbocycles. The third kappa shape index (κ3) is 2.85. The number of hydrogen-bond donors (Lipinski definition) is 0. The van der Waals surface area contributed by atoms with Crippen LogP contribution in [-0.2, 0) is 6.42 Å². The van der Waals surface area contributed by atoms with Crippen LogP contribution in [0.2, 0.25) is 0 Å². The van der Waals surface area contributed by atoms with Crippen molar-refractivity contribution in [1.82, 2.24) is 0 Å². The van der Waals surface area contributed by atoms with Crippen molar-refractivity contribution in [2.75, 3.05) is 5.88 Å². The first-order chi connectivity index (χ1) is 6.27. The van der Waals surface area contributed by atoms with E-state index in [1.807, 2.05) is 19.1 Å². The zero-order valence-electron chi connectivity index (χ0n) is 7.72. The van der Waals surface area contributed by atoms with E-state index >= 15 is 0 Å². The Hall–Kier alpha value is -0.820. The topological polar surface area (TPSA) is 17.1 Å².